The van der Waals surface area contributed by atoms with E-state index in [2.05, 4.69) is 5.32 Å². The fourth-order valence-corrected chi connectivity index (χ4v) is 4.38. The number of benzene rings is 1. The van der Waals surface area contributed by atoms with Crippen LogP contribution in [0.1, 0.15) is 25.7 Å². The zero-order chi connectivity index (χ0) is 14.6. The van der Waals surface area contributed by atoms with Gasteiger partial charge in [0.1, 0.15) is 0 Å². The van der Waals surface area contributed by atoms with Gasteiger partial charge in [-0.15, -0.1) is 0 Å². The lowest BCUT2D eigenvalue weighted by Crippen LogP contribution is -2.44. The molecule has 1 fully saturated rings. The second-order valence-electron chi connectivity index (χ2n) is 5.05. The minimum Gasteiger partial charge on any atom is -0.396 e. The van der Waals surface area contributed by atoms with Gasteiger partial charge in [0.05, 0.1) is 4.90 Å². The molecular formula is C14H22N2O3S. The normalized spacial score (nSPS) is 20.8. The quantitative estimate of drug-likeness (QED) is 0.867. The van der Waals surface area contributed by atoms with Gasteiger partial charge in [-0.05, 0) is 43.5 Å². The highest BCUT2D eigenvalue weighted by molar-refractivity contribution is 7.89. The van der Waals surface area contributed by atoms with Crippen molar-refractivity contribution in [2.24, 2.45) is 0 Å². The standard InChI is InChI=1S/C14H22N2O3S/c1-15-12-5-7-14(8-6-12)20(18,19)16-10-3-2-4-13(16)9-11-17/h5-8,13,15,17H,2-4,9-11H2,1H3. The number of anilines is 1. The number of hydrogen-bond donors (Lipinski definition) is 2. The van der Waals surface area contributed by atoms with Crippen molar-refractivity contribution in [3.05, 3.63) is 24.3 Å². The minimum atomic E-state index is -3.46. The van der Waals surface area contributed by atoms with Crippen molar-refractivity contribution in [1.82, 2.24) is 4.31 Å². The van der Waals surface area contributed by atoms with E-state index in [4.69, 9.17) is 5.11 Å². The summed E-state index contributed by atoms with van der Waals surface area (Å²) in [6.45, 7) is 0.566. The highest BCUT2D eigenvalue weighted by atomic mass is 32.2. The minimum absolute atomic E-state index is 0.0232. The van der Waals surface area contributed by atoms with Gasteiger partial charge in [0, 0.05) is 31.9 Å². The van der Waals surface area contributed by atoms with E-state index in [-0.39, 0.29) is 12.6 Å². The summed E-state index contributed by atoms with van der Waals surface area (Å²) in [5.41, 5.74) is 0.884. The summed E-state index contributed by atoms with van der Waals surface area (Å²) in [5, 5.41) is 12.1. The maximum atomic E-state index is 12.7. The first-order valence-corrected chi connectivity index (χ1v) is 8.44. The lowest BCUT2D eigenvalue weighted by atomic mass is 10.0. The van der Waals surface area contributed by atoms with Gasteiger partial charge < -0.3 is 10.4 Å². The fraction of sp³-hybridized carbons (Fsp3) is 0.571. The molecular weight excluding hydrogens is 276 g/mol. The molecule has 1 aromatic rings. The van der Waals surface area contributed by atoms with Crippen LogP contribution in [0, 0.1) is 0 Å². The summed E-state index contributed by atoms with van der Waals surface area (Å²) < 4.78 is 26.9. The Bertz CT molecular complexity index is 526. The maximum Gasteiger partial charge on any atom is 0.243 e. The summed E-state index contributed by atoms with van der Waals surface area (Å²) in [5.74, 6) is 0. The molecule has 1 unspecified atom stereocenters. The van der Waals surface area contributed by atoms with Crippen LogP contribution in [0.15, 0.2) is 29.2 Å². The highest BCUT2D eigenvalue weighted by Gasteiger charge is 2.32. The van der Waals surface area contributed by atoms with Crippen LogP contribution in [0.2, 0.25) is 0 Å². The van der Waals surface area contributed by atoms with E-state index in [0.717, 1.165) is 24.9 Å². The van der Waals surface area contributed by atoms with Crippen molar-refractivity contribution in [3.63, 3.8) is 0 Å². The molecule has 0 aliphatic carbocycles. The number of aliphatic hydroxyl groups is 1. The first kappa shape index (κ1) is 15.3. The van der Waals surface area contributed by atoms with Crippen molar-refractivity contribution in [2.45, 2.75) is 36.6 Å². The van der Waals surface area contributed by atoms with Crippen molar-refractivity contribution < 1.29 is 13.5 Å². The second-order valence-corrected chi connectivity index (χ2v) is 6.94. The van der Waals surface area contributed by atoms with Gasteiger partial charge in [0.15, 0.2) is 0 Å². The van der Waals surface area contributed by atoms with Crippen molar-refractivity contribution in [3.8, 4) is 0 Å². The summed E-state index contributed by atoms with van der Waals surface area (Å²) >= 11 is 0. The monoisotopic (exact) mass is 298 g/mol. The molecule has 2 rings (SSSR count). The first-order valence-electron chi connectivity index (χ1n) is 7.00. The third-order valence-electron chi connectivity index (χ3n) is 3.79. The number of aliphatic hydroxyl groups excluding tert-OH is 1. The van der Waals surface area contributed by atoms with Gasteiger partial charge in [-0.2, -0.15) is 4.31 Å². The molecule has 0 aromatic heterocycles. The molecule has 112 valence electrons. The Morgan fingerprint density at radius 2 is 2.00 bits per heavy atom. The topological polar surface area (TPSA) is 69.6 Å². The van der Waals surface area contributed by atoms with E-state index >= 15 is 0 Å². The SMILES string of the molecule is CNc1ccc(S(=O)(=O)N2CCCCC2CCO)cc1. The van der Waals surface area contributed by atoms with Crippen molar-refractivity contribution in [2.75, 3.05) is 25.5 Å². The van der Waals surface area contributed by atoms with Gasteiger partial charge in [-0.1, -0.05) is 6.42 Å². The average Bonchev–Trinajstić information content (AvgIpc) is 2.48. The molecule has 20 heavy (non-hydrogen) atoms. The zero-order valence-electron chi connectivity index (χ0n) is 11.7. The van der Waals surface area contributed by atoms with Crippen LogP contribution in [0.3, 0.4) is 0 Å². The summed E-state index contributed by atoms with van der Waals surface area (Å²) in [7, 11) is -1.67. The number of nitrogens with one attached hydrogen (secondary N) is 1. The number of nitrogens with zero attached hydrogens (tertiary/aromatic N) is 1. The van der Waals surface area contributed by atoms with Gasteiger partial charge in [0.2, 0.25) is 10.0 Å². The molecule has 1 aliphatic rings. The molecule has 6 heteroatoms. The summed E-state index contributed by atoms with van der Waals surface area (Å²) in [6.07, 6.45) is 3.24. The molecule has 0 bridgehead atoms. The Kier molecular flexibility index (Phi) is 5.01. The van der Waals surface area contributed by atoms with Crippen molar-refractivity contribution in [1.29, 1.82) is 0 Å². The molecule has 0 spiro atoms. The molecule has 0 radical (unpaired) electrons. The van der Waals surface area contributed by atoms with E-state index in [9.17, 15) is 8.42 Å². The summed E-state index contributed by atoms with van der Waals surface area (Å²) in [4.78, 5) is 0.321. The molecule has 1 aromatic carbocycles. The molecule has 1 saturated heterocycles. The molecule has 1 atom stereocenters. The predicted molar refractivity (Wildman–Crippen MR) is 79.2 cm³/mol. The van der Waals surface area contributed by atoms with Gasteiger partial charge in [0.25, 0.3) is 0 Å². The molecule has 2 N–H and O–H groups in total. The zero-order valence-corrected chi connectivity index (χ0v) is 12.6. The number of hydrogen-bond acceptors (Lipinski definition) is 4. The molecule has 5 nitrogen and oxygen atoms in total. The average molecular weight is 298 g/mol. The lowest BCUT2D eigenvalue weighted by Gasteiger charge is -2.34. The van der Waals surface area contributed by atoms with Gasteiger partial charge >= 0.3 is 0 Å². The Morgan fingerprint density at radius 1 is 1.30 bits per heavy atom. The second kappa shape index (κ2) is 6.56. The largest absolute Gasteiger partial charge is 0.396 e. The fourth-order valence-electron chi connectivity index (χ4n) is 2.66. The Hall–Kier alpha value is -1.11. The smallest absolute Gasteiger partial charge is 0.243 e. The Morgan fingerprint density at radius 3 is 2.60 bits per heavy atom. The molecule has 1 aliphatic heterocycles. The maximum absolute atomic E-state index is 12.7. The summed E-state index contributed by atoms with van der Waals surface area (Å²) in [6, 6.07) is 6.70. The van der Waals surface area contributed by atoms with Crippen LogP contribution in [0.4, 0.5) is 5.69 Å². The van der Waals surface area contributed by atoms with Crippen LogP contribution >= 0.6 is 0 Å². The first-order chi connectivity index (χ1) is 9.59. The van der Waals surface area contributed by atoms with Crippen molar-refractivity contribution >= 4 is 15.7 Å². The Balaban J connectivity index is 2.26. The molecule has 1 heterocycles. The van der Waals surface area contributed by atoms with Crippen LogP contribution in [-0.2, 0) is 10.0 Å². The molecule has 0 amide bonds. The van der Waals surface area contributed by atoms with Gasteiger partial charge in [-0.3, -0.25) is 0 Å². The van der Waals surface area contributed by atoms with Crippen LogP contribution in [-0.4, -0.2) is 44.1 Å². The van der Waals surface area contributed by atoms with E-state index in [1.807, 2.05) is 0 Å². The van der Waals surface area contributed by atoms with E-state index in [0.29, 0.717) is 17.9 Å². The van der Waals surface area contributed by atoms with Crippen LogP contribution in [0.25, 0.3) is 0 Å². The van der Waals surface area contributed by atoms with Crippen LogP contribution in [0.5, 0.6) is 0 Å². The third kappa shape index (κ3) is 3.13. The predicted octanol–water partition coefficient (Wildman–Crippen LogP) is 1.65. The van der Waals surface area contributed by atoms with Crippen LogP contribution < -0.4 is 5.32 Å². The van der Waals surface area contributed by atoms with Gasteiger partial charge in [-0.25, -0.2) is 8.42 Å². The highest BCUT2D eigenvalue weighted by Crippen LogP contribution is 2.27. The molecule has 0 saturated carbocycles. The number of piperidine rings is 1. The van der Waals surface area contributed by atoms with E-state index in [1.54, 1.807) is 35.6 Å². The van der Waals surface area contributed by atoms with E-state index < -0.39 is 10.0 Å². The number of rotatable bonds is 5. The third-order valence-corrected chi connectivity index (χ3v) is 5.75. The lowest BCUT2D eigenvalue weighted by molar-refractivity contribution is 0.192. The van der Waals surface area contributed by atoms with E-state index in [1.165, 1.54) is 0 Å². The number of sulfonamides is 1. The Labute approximate surface area is 120 Å².